The molecule has 1 aromatic heterocycles. The van der Waals surface area contributed by atoms with Crippen molar-refractivity contribution in [1.82, 2.24) is 0 Å². The molecule has 0 saturated heterocycles. The number of carbonyl (C=O) groups is 2. The second kappa shape index (κ2) is 6.63. The Hall–Kier alpha value is -1.32. The van der Waals surface area contributed by atoms with E-state index >= 15 is 0 Å². The number of anilines is 1. The number of carboxylic acid groups (broad SMARTS) is 1. The lowest BCUT2D eigenvalue weighted by Crippen LogP contribution is -2.12. The van der Waals surface area contributed by atoms with E-state index in [4.69, 9.17) is 21.4 Å². The number of carboxylic acids is 1. The molecule has 0 aliphatic rings. The quantitative estimate of drug-likeness (QED) is 0.710. The molecule has 0 atom stereocenters. The van der Waals surface area contributed by atoms with Gasteiger partial charge in [-0.05, 0) is 46.9 Å². The first kappa shape index (κ1) is 16.1. The average molecular weight is 438 g/mol. The highest BCUT2D eigenvalue weighted by molar-refractivity contribution is 14.1. The summed E-state index contributed by atoms with van der Waals surface area (Å²) >= 11 is 9.04. The normalized spacial score (nSPS) is 10.2. The molecule has 5 nitrogen and oxygen atoms in total. The number of hydrogen-bond donors (Lipinski definition) is 2. The number of methoxy groups -OCH3 is 1. The highest BCUT2D eigenvalue weighted by Gasteiger charge is 2.16. The van der Waals surface area contributed by atoms with Crippen LogP contribution in [0.5, 0.6) is 5.75 Å². The van der Waals surface area contributed by atoms with E-state index in [0.29, 0.717) is 15.8 Å². The van der Waals surface area contributed by atoms with Crippen LogP contribution in [0.2, 0.25) is 5.02 Å². The first-order chi connectivity index (χ1) is 9.92. The lowest BCUT2D eigenvalue weighted by molar-refractivity contribution is 0.0702. The standard InChI is InChI=1S/C13H9ClINO4S/c1-20-9-5-8(15)7(14)4-6(9)12(17)16-11-3-2-10(21-11)13(18)19/h2-5H,1H3,(H,16,17)(H,18,19). The molecule has 1 aromatic carbocycles. The van der Waals surface area contributed by atoms with Crippen LogP contribution in [0.15, 0.2) is 24.3 Å². The van der Waals surface area contributed by atoms with E-state index in [2.05, 4.69) is 5.32 Å². The Labute approximate surface area is 143 Å². The number of rotatable bonds is 4. The number of amides is 1. The average Bonchev–Trinajstić information content (AvgIpc) is 2.89. The highest BCUT2D eigenvalue weighted by atomic mass is 127. The van der Waals surface area contributed by atoms with Crippen molar-refractivity contribution in [3.8, 4) is 5.75 Å². The smallest absolute Gasteiger partial charge is 0.345 e. The number of hydrogen-bond acceptors (Lipinski definition) is 4. The molecule has 8 heteroatoms. The molecule has 1 amide bonds. The predicted octanol–water partition coefficient (Wildman–Crippen LogP) is 3.97. The minimum atomic E-state index is -1.03. The zero-order chi connectivity index (χ0) is 15.6. The summed E-state index contributed by atoms with van der Waals surface area (Å²) in [6.45, 7) is 0. The molecule has 2 N–H and O–H groups in total. The van der Waals surface area contributed by atoms with Crippen LogP contribution < -0.4 is 10.1 Å². The van der Waals surface area contributed by atoms with Crippen molar-refractivity contribution in [2.24, 2.45) is 0 Å². The van der Waals surface area contributed by atoms with Crippen LogP contribution in [0.3, 0.4) is 0 Å². The van der Waals surface area contributed by atoms with E-state index in [1.165, 1.54) is 25.3 Å². The molecule has 0 bridgehead atoms. The van der Waals surface area contributed by atoms with Crippen molar-refractivity contribution in [3.05, 3.63) is 43.3 Å². The number of carbonyl (C=O) groups excluding carboxylic acids is 1. The Morgan fingerprint density at radius 3 is 2.67 bits per heavy atom. The summed E-state index contributed by atoms with van der Waals surface area (Å²) in [5, 5.41) is 12.4. The molecule has 0 spiro atoms. The highest BCUT2D eigenvalue weighted by Crippen LogP contribution is 2.30. The Bertz CT molecular complexity index is 716. The third kappa shape index (κ3) is 3.66. The van der Waals surface area contributed by atoms with Gasteiger partial charge in [0.05, 0.1) is 22.7 Å². The number of aromatic carboxylic acids is 1. The lowest BCUT2D eigenvalue weighted by Gasteiger charge is -2.10. The van der Waals surface area contributed by atoms with E-state index in [1.807, 2.05) is 22.6 Å². The minimum absolute atomic E-state index is 0.151. The predicted molar refractivity (Wildman–Crippen MR) is 90.0 cm³/mol. The summed E-state index contributed by atoms with van der Waals surface area (Å²) in [4.78, 5) is 23.2. The molecule has 21 heavy (non-hydrogen) atoms. The Kier molecular flexibility index (Phi) is 5.07. The summed E-state index contributed by atoms with van der Waals surface area (Å²) in [5.41, 5.74) is 0.285. The summed E-state index contributed by atoms with van der Waals surface area (Å²) < 4.78 is 5.94. The summed E-state index contributed by atoms with van der Waals surface area (Å²) in [6.07, 6.45) is 0. The fraction of sp³-hybridized carbons (Fsp3) is 0.0769. The van der Waals surface area contributed by atoms with Gasteiger partial charge in [-0.3, -0.25) is 4.79 Å². The molecule has 1 heterocycles. The lowest BCUT2D eigenvalue weighted by atomic mass is 10.2. The van der Waals surface area contributed by atoms with Crippen LogP contribution in [0, 0.1) is 3.57 Å². The Morgan fingerprint density at radius 2 is 2.10 bits per heavy atom. The Balaban J connectivity index is 2.27. The zero-order valence-corrected chi connectivity index (χ0v) is 14.4. The topological polar surface area (TPSA) is 75.6 Å². The summed E-state index contributed by atoms with van der Waals surface area (Å²) in [6, 6.07) is 6.14. The van der Waals surface area contributed by atoms with Crippen LogP contribution in [0.25, 0.3) is 0 Å². The fourth-order valence-electron chi connectivity index (χ4n) is 1.57. The third-order valence-corrected chi connectivity index (χ3v) is 5.05. The van der Waals surface area contributed by atoms with Crippen molar-refractivity contribution in [1.29, 1.82) is 0 Å². The van der Waals surface area contributed by atoms with Gasteiger partial charge < -0.3 is 15.2 Å². The van der Waals surface area contributed by atoms with Crippen molar-refractivity contribution in [2.75, 3.05) is 12.4 Å². The van der Waals surface area contributed by atoms with Crippen molar-refractivity contribution in [2.45, 2.75) is 0 Å². The minimum Gasteiger partial charge on any atom is -0.496 e. The Morgan fingerprint density at radius 1 is 1.38 bits per heavy atom. The summed E-state index contributed by atoms with van der Waals surface area (Å²) in [5.74, 6) is -1.05. The van der Waals surface area contributed by atoms with Crippen molar-refractivity contribution >= 4 is 62.4 Å². The van der Waals surface area contributed by atoms with Gasteiger partial charge in [0.2, 0.25) is 0 Å². The number of halogens is 2. The second-order valence-electron chi connectivity index (χ2n) is 3.89. The van der Waals surface area contributed by atoms with Crippen LogP contribution >= 0.6 is 45.5 Å². The molecule has 110 valence electrons. The van der Waals surface area contributed by atoms with Gasteiger partial charge in [0, 0.05) is 3.57 Å². The monoisotopic (exact) mass is 437 g/mol. The van der Waals surface area contributed by atoms with E-state index < -0.39 is 11.9 Å². The first-order valence-electron chi connectivity index (χ1n) is 5.60. The molecule has 0 unspecified atom stereocenters. The second-order valence-corrected chi connectivity index (χ2v) is 6.54. The molecule has 0 aliphatic carbocycles. The zero-order valence-electron chi connectivity index (χ0n) is 10.6. The van der Waals surface area contributed by atoms with Gasteiger partial charge in [0.1, 0.15) is 10.6 Å². The molecule has 0 aliphatic heterocycles. The van der Waals surface area contributed by atoms with Gasteiger partial charge in [0.25, 0.3) is 5.91 Å². The number of nitrogens with one attached hydrogen (secondary N) is 1. The van der Waals surface area contributed by atoms with E-state index in [9.17, 15) is 9.59 Å². The van der Waals surface area contributed by atoms with E-state index in [0.717, 1.165) is 14.9 Å². The molecule has 2 rings (SSSR count). The SMILES string of the molecule is COc1cc(I)c(Cl)cc1C(=O)Nc1ccc(C(=O)O)s1. The number of thiophene rings is 1. The maximum absolute atomic E-state index is 12.2. The van der Waals surface area contributed by atoms with Crippen molar-refractivity contribution in [3.63, 3.8) is 0 Å². The van der Waals surface area contributed by atoms with Gasteiger partial charge >= 0.3 is 5.97 Å². The van der Waals surface area contributed by atoms with E-state index in [1.54, 1.807) is 6.07 Å². The third-order valence-electron chi connectivity index (χ3n) is 2.54. The molecule has 0 fully saturated rings. The van der Waals surface area contributed by atoms with Gasteiger partial charge in [-0.15, -0.1) is 11.3 Å². The molecule has 2 aromatic rings. The maximum atomic E-state index is 12.2. The fourth-order valence-corrected chi connectivity index (χ4v) is 2.92. The first-order valence-corrected chi connectivity index (χ1v) is 7.87. The van der Waals surface area contributed by atoms with Gasteiger partial charge in [-0.2, -0.15) is 0 Å². The molecule has 0 radical (unpaired) electrons. The number of benzene rings is 1. The van der Waals surface area contributed by atoms with Gasteiger partial charge in [-0.25, -0.2) is 4.79 Å². The van der Waals surface area contributed by atoms with Gasteiger partial charge in [0.15, 0.2) is 0 Å². The van der Waals surface area contributed by atoms with Crippen LogP contribution in [0.4, 0.5) is 5.00 Å². The molecular weight excluding hydrogens is 429 g/mol. The molecule has 0 saturated carbocycles. The molecular formula is C13H9ClINO4S. The van der Waals surface area contributed by atoms with Crippen molar-refractivity contribution < 1.29 is 19.4 Å². The largest absolute Gasteiger partial charge is 0.496 e. The maximum Gasteiger partial charge on any atom is 0.345 e. The summed E-state index contributed by atoms with van der Waals surface area (Å²) in [7, 11) is 1.46. The van der Waals surface area contributed by atoms with Crippen LogP contribution in [0.1, 0.15) is 20.0 Å². The number of ether oxygens (including phenoxy) is 1. The van der Waals surface area contributed by atoms with Gasteiger partial charge in [-0.1, -0.05) is 11.6 Å². The van der Waals surface area contributed by atoms with E-state index in [-0.39, 0.29) is 10.4 Å². The van der Waals surface area contributed by atoms with Crippen LogP contribution in [-0.4, -0.2) is 24.1 Å². The van der Waals surface area contributed by atoms with Crippen LogP contribution in [-0.2, 0) is 0 Å².